The fourth-order valence-corrected chi connectivity index (χ4v) is 1.28. The Hall–Kier alpha value is -1.49. The maximum absolute atomic E-state index is 4.17. The molecule has 0 saturated heterocycles. The molecular formula is C9H13N5. The van der Waals surface area contributed by atoms with E-state index in [1.807, 2.05) is 12.1 Å². The molecule has 0 aromatic carbocycles. The van der Waals surface area contributed by atoms with Crippen LogP contribution in [-0.2, 0) is 6.54 Å². The van der Waals surface area contributed by atoms with Gasteiger partial charge in [-0.05, 0) is 25.1 Å². The fraction of sp³-hybridized carbons (Fsp3) is 0.444. The van der Waals surface area contributed by atoms with Crippen LogP contribution in [-0.4, -0.2) is 26.4 Å². The third kappa shape index (κ3) is 1.72. The molecule has 14 heavy (non-hydrogen) atoms. The summed E-state index contributed by atoms with van der Waals surface area (Å²) in [5.41, 5.74) is 0.792. The van der Waals surface area contributed by atoms with Gasteiger partial charge in [-0.3, -0.25) is 0 Å². The predicted molar refractivity (Wildman–Crippen MR) is 52.8 cm³/mol. The normalized spacial score (nSPS) is 10.9. The van der Waals surface area contributed by atoms with Crippen molar-refractivity contribution in [3.63, 3.8) is 0 Å². The summed E-state index contributed by atoms with van der Waals surface area (Å²) in [4.78, 5) is 0. The molecule has 0 bridgehead atoms. The van der Waals surface area contributed by atoms with Gasteiger partial charge in [0.15, 0.2) is 11.5 Å². The summed E-state index contributed by atoms with van der Waals surface area (Å²) in [5.74, 6) is 0.856. The van der Waals surface area contributed by atoms with E-state index in [4.69, 9.17) is 0 Å². The van der Waals surface area contributed by atoms with Gasteiger partial charge in [-0.1, -0.05) is 6.92 Å². The number of fused-ring (bicyclic) bond motifs is 1. The van der Waals surface area contributed by atoms with Gasteiger partial charge in [-0.15, -0.1) is 10.2 Å². The molecule has 0 amide bonds. The quantitative estimate of drug-likeness (QED) is 0.720. The molecule has 0 atom stereocenters. The van der Waals surface area contributed by atoms with Crippen LogP contribution in [0.5, 0.6) is 0 Å². The molecule has 2 rings (SSSR count). The van der Waals surface area contributed by atoms with Gasteiger partial charge in [0.25, 0.3) is 0 Å². The highest BCUT2D eigenvalue weighted by Crippen LogP contribution is 1.99. The first kappa shape index (κ1) is 9.08. The first-order valence-corrected chi connectivity index (χ1v) is 4.78. The first-order chi connectivity index (χ1) is 6.92. The molecule has 1 N–H and O–H groups in total. The van der Waals surface area contributed by atoms with Crippen molar-refractivity contribution in [3.8, 4) is 0 Å². The second-order valence-corrected chi connectivity index (χ2v) is 3.09. The number of nitrogens with one attached hydrogen (secondary N) is 1. The molecule has 0 fully saturated rings. The standard InChI is InChI=1S/C9H13N5/c1-2-5-10-7-9-13-12-8-4-3-6-11-14(8)9/h3-4,6,10H,2,5,7H2,1H3. The van der Waals surface area contributed by atoms with Gasteiger partial charge >= 0.3 is 0 Å². The number of hydrogen-bond acceptors (Lipinski definition) is 4. The van der Waals surface area contributed by atoms with Crippen LogP contribution in [0.15, 0.2) is 18.3 Å². The maximum atomic E-state index is 4.17. The van der Waals surface area contributed by atoms with Gasteiger partial charge in [0.05, 0.1) is 6.54 Å². The van der Waals surface area contributed by atoms with Gasteiger partial charge in [-0.2, -0.15) is 9.61 Å². The summed E-state index contributed by atoms with van der Waals surface area (Å²) in [5, 5.41) is 15.5. The van der Waals surface area contributed by atoms with E-state index in [9.17, 15) is 0 Å². The lowest BCUT2D eigenvalue weighted by atomic mass is 10.4. The van der Waals surface area contributed by atoms with E-state index >= 15 is 0 Å². The Morgan fingerprint density at radius 2 is 2.36 bits per heavy atom. The minimum absolute atomic E-state index is 0.714. The van der Waals surface area contributed by atoms with Crippen LogP contribution in [0.2, 0.25) is 0 Å². The zero-order valence-electron chi connectivity index (χ0n) is 8.14. The van der Waals surface area contributed by atoms with Crippen LogP contribution < -0.4 is 5.32 Å². The summed E-state index contributed by atoms with van der Waals surface area (Å²) in [6.07, 6.45) is 2.85. The lowest BCUT2D eigenvalue weighted by Gasteiger charge is -1.99. The van der Waals surface area contributed by atoms with Crippen LogP contribution in [0, 0.1) is 0 Å². The Labute approximate surface area is 82.2 Å². The lowest BCUT2D eigenvalue weighted by Crippen LogP contribution is -2.16. The predicted octanol–water partition coefficient (Wildman–Crippen LogP) is 0.624. The second-order valence-electron chi connectivity index (χ2n) is 3.09. The summed E-state index contributed by atoms with van der Waals surface area (Å²) in [7, 11) is 0. The Kier molecular flexibility index (Phi) is 2.69. The van der Waals surface area contributed by atoms with Crippen LogP contribution in [0.1, 0.15) is 19.2 Å². The Balaban J connectivity index is 2.17. The van der Waals surface area contributed by atoms with Crippen molar-refractivity contribution >= 4 is 5.65 Å². The van der Waals surface area contributed by atoms with E-state index in [0.29, 0.717) is 6.54 Å². The third-order valence-electron chi connectivity index (χ3n) is 1.95. The van der Waals surface area contributed by atoms with Crippen LogP contribution >= 0.6 is 0 Å². The highest BCUT2D eigenvalue weighted by molar-refractivity contribution is 5.34. The largest absolute Gasteiger partial charge is 0.310 e. The highest BCUT2D eigenvalue weighted by atomic mass is 15.4. The molecule has 5 heteroatoms. The molecule has 2 aromatic rings. The van der Waals surface area contributed by atoms with Crippen molar-refractivity contribution in [2.75, 3.05) is 6.54 Å². The average molecular weight is 191 g/mol. The van der Waals surface area contributed by atoms with Gasteiger partial charge in [0.2, 0.25) is 0 Å². The van der Waals surface area contributed by atoms with Crippen LogP contribution in [0.3, 0.4) is 0 Å². The average Bonchev–Trinajstić information content (AvgIpc) is 2.63. The van der Waals surface area contributed by atoms with Crippen molar-refractivity contribution in [2.45, 2.75) is 19.9 Å². The van der Waals surface area contributed by atoms with E-state index in [-0.39, 0.29) is 0 Å². The zero-order valence-corrected chi connectivity index (χ0v) is 8.14. The molecule has 0 spiro atoms. The first-order valence-electron chi connectivity index (χ1n) is 4.78. The number of nitrogens with zero attached hydrogens (tertiary/aromatic N) is 4. The molecule has 0 aliphatic rings. The molecule has 0 aliphatic carbocycles. The minimum Gasteiger partial charge on any atom is -0.310 e. The molecule has 0 unspecified atom stereocenters. The smallest absolute Gasteiger partial charge is 0.177 e. The number of hydrogen-bond donors (Lipinski definition) is 1. The Morgan fingerprint density at radius 1 is 1.43 bits per heavy atom. The van der Waals surface area contributed by atoms with Gasteiger partial charge in [0, 0.05) is 6.20 Å². The van der Waals surface area contributed by atoms with E-state index in [1.165, 1.54) is 0 Å². The van der Waals surface area contributed by atoms with E-state index in [0.717, 1.165) is 24.4 Å². The molecule has 2 heterocycles. The van der Waals surface area contributed by atoms with Crippen LogP contribution in [0.25, 0.3) is 5.65 Å². The fourth-order valence-electron chi connectivity index (χ4n) is 1.28. The van der Waals surface area contributed by atoms with Crippen molar-refractivity contribution in [1.29, 1.82) is 0 Å². The van der Waals surface area contributed by atoms with Crippen molar-refractivity contribution in [2.24, 2.45) is 0 Å². The SMILES string of the molecule is CCCNCc1nnc2cccnn12. The topological polar surface area (TPSA) is 55.1 Å². The van der Waals surface area contributed by atoms with Gasteiger partial charge in [0.1, 0.15) is 0 Å². The van der Waals surface area contributed by atoms with Crippen LogP contribution in [0.4, 0.5) is 0 Å². The Bertz CT molecular complexity index is 408. The molecule has 0 radical (unpaired) electrons. The highest BCUT2D eigenvalue weighted by Gasteiger charge is 2.03. The monoisotopic (exact) mass is 191 g/mol. The molecule has 74 valence electrons. The maximum Gasteiger partial charge on any atom is 0.177 e. The summed E-state index contributed by atoms with van der Waals surface area (Å²) < 4.78 is 1.75. The molecular weight excluding hydrogens is 178 g/mol. The minimum atomic E-state index is 0.714. The van der Waals surface area contributed by atoms with Crippen molar-refractivity contribution in [3.05, 3.63) is 24.2 Å². The Morgan fingerprint density at radius 3 is 3.21 bits per heavy atom. The molecule has 0 saturated carbocycles. The molecule has 2 aromatic heterocycles. The van der Waals surface area contributed by atoms with E-state index in [2.05, 4.69) is 27.5 Å². The van der Waals surface area contributed by atoms with Gasteiger partial charge < -0.3 is 5.32 Å². The summed E-state index contributed by atoms with van der Waals surface area (Å²) >= 11 is 0. The van der Waals surface area contributed by atoms with Crippen molar-refractivity contribution < 1.29 is 0 Å². The van der Waals surface area contributed by atoms with E-state index in [1.54, 1.807) is 10.7 Å². The summed E-state index contributed by atoms with van der Waals surface area (Å²) in [6, 6.07) is 3.75. The summed E-state index contributed by atoms with van der Waals surface area (Å²) in [6.45, 7) is 3.83. The number of aromatic nitrogens is 4. The number of rotatable bonds is 4. The third-order valence-corrected chi connectivity index (χ3v) is 1.95. The molecule has 0 aliphatic heterocycles. The second kappa shape index (κ2) is 4.15. The van der Waals surface area contributed by atoms with Gasteiger partial charge in [-0.25, -0.2) is 0 Å². The zero-order chi connectivity index (χ0) is 9.80. The van der Waals surface area contributed by atoms with Crippen molar-refractivity contribution in [1.82, 2.24) is 25.1 Å². The molecule has 5 nitrogen and oxygen atoms in total. The lowest BCUT2D eigenvalue weighted by molar-refractivity contribution is 0.634. The van der Waals surface area contributed by atoms with E-state index < -0.39 is 0 Å².